The summed E-state index contributed by atoms with van der Waals surface area (Å²) in [5.74, 6) is 0.0567. The molecule has 0 atom stereocenters. The van der Waals surface area contributed by atoms with E-state index in [4.69, 9.17) is 16.3 Å². The largest absolute Gasteiger partial charge is 0.494 e. The highest BCUT2D eigenvalue weighted by Crippen LogP contribution is 2.37. The molecule has 0 saturated heterocycles. The second-order valence-corrected chi connectivity index (χ2v) is 12.2. The van der Waals surface area contributed by atoms with E-state index in [9.17, 15) is 26.0 Å². The molecule has 10 heteroatoms. The van der Waals surface area contributed by atoms with Crippen molar-refractivity contribution in [2.75, 3.05) is 26.0 Å². The Labute approximate surface area is 226 Å². The van der Waals surface area contributed by atoms with Gasteiger partial charge in [0.05, 0.1) is 22.1 Å². The number of halogens is 5. The third-order valence-corrected chi connectivity index (χ3v) is 7.70. The maximum atomic E-state index is 13.5. The van der Waals surface area contributed by atoms with Crippen LogP contribution in [0.25, 0.3) is 0 Å². The maximum absolute atomic E-state index is 13.5. The van der Waals surface area contributed by atoms with E-state index >= 15 is 0 Å². The van der Waals surface area contributed by atoms with Crippen LogP contribution in [0.1, 0.15) is 37.0 Å². The van der Waals surface area contributed by atoms with Crippen molar-refractivity contribution in [2.45, 2.75) is 43.3 Å². The lowest BCUT2D eigenvalue weighted by Gasteiger charge is -2.34. The highest BCUT2D eigenvalue weighted by Gasteiger charge is 2.34. The van der Waals surface area contributed by atoms with Gasteiger partial charge in [0, 0.05) is 31.3 Å². The molecular formula is C28H30ClF4NO3S. The molecule has 0 bridgehead atoms. The monoisotopic (exact) mass is 571 g/mol. The Morgan fingerprint density at radius 3 is 2.26 bits per heavy atom. The Kier molecular flexibility index (Phi) is 9.49. The number of hydrogen-bond donors (Lipinski definition) is 0. The third-order valence-electron chi connectivity index (χ3n) is 6.14. The molecule has 0 aliphatic heterocycles. The highest BCUT2D eigenvalue weighted by molar-refractivity contribution is 7.90. The number of nitrogens with zero attached hydrogens (tertiary/aromatic N) is 1. The van der Waals surface area contributed by atoms with Crippen molar-refractivity contribution in [3.63, 3.8) is 0 Å². The molecule has 0 amide bonds. The quantitative estimate of drug-likeness (QED) is 0.181. The van der Waals surface area contributed by atoms with E-state index in [0.29, 0.717) is 30.8 Å². The Bertz CT molecular complexity index is 1340. The van der Waals surface area contributed by atoms with Gasteiger partial charge in [0.25, 0.3) is 0 Å². The van der Waals surface area contributed by atoms with Gasteiger partial charge in [0.15, 0.2) is 9.84 Å². The molecule has 3 rings (SSSR count). The lowest BCUT2D eigenvalue weighted by atomic mass is 9.84. The van der Waals surface area contributed by atoms with Crippen LogP contribution in [0.5, 0.6) is 5.75 Å². The standard InChI is InChI=1S/C28H30ClF4NO3S/c1-27(2,21-11-13-22(30)14-12-21)19-34(18-20-7-4-10-25(26(20)29)28(31,32)33)15-6-16-37-23-8-5-9-24(17-23)38(3,35)36/h4-5,7-14,17H,6,15-16,18-19H2,1-3H3. The Balaban J connectivity index is 1.77. The number of sulfone groups is 1. The van der Waals surface area contributed by atoms with Crippen LogP contribution >= 0.6 is 11.6 Å². The number of hydrogen-bond acceptors (Lipinski definition) is 4. The molecular weight excluding hydrogens is 542 g/mol. The molecule has 0 radical (unpaired) electrons. The molecule has 0 N–H and O–H groups in total. The van der Waals surface area contributed by atoms with Crippen molar-refractivity contribution >= 4 is 21.4 Å². The van der Waals surface area contributed by atoms with Gasteiger partial charge in [0.2, 0.25) is 0 Å². The highest BCUT2D eigenvalue weighted by atomic mass is 35.5. The summed E-state index contributed by atoms with van der Waals surface area (Å²) in [7, 11) is -3.38. The number of rotatable bonds is 11. The molecule has 3 aromatic rings. The summed E-state index contributed by atoms with van der Waals surface area (Å²) in [5.41, 5.74) is -0.110. The summed E-state index contributed by atoms with van der Waals surface area (Å²) < 4.78 is 83.1. The van der Waals surface area contributed by atoms with Crippen LogP contribution in [0, 0.1) is 5.82 Å². The minimum atomic E-state index is -4.57. The van der Waals surface area contributed by atoms with Crippen molar-refractivity contribution in [1.29, 1.82) is 0 Å². The van der Waals surface area contributed by atoms with Crippen LogP contribution < -0.4 is 4.74 Å². The Hall–Kier alpha value is -2.62. The summed E-state index contributed by atoms with van der Waals surface area (Å²) in [5, 5.41) is -0.335. The summed E-state index contributed by atoms with van der Waals surface area (Å²) in [6.45, 7) is 5.30. The fourth-order valence-electron chi connectivity index (χ4n) is 4.20. The molecule has 206 valence electrons. The molecule has 3 aromatic carbocycles. The maximum Gasteiger partial charge on any atom is 0.417 e. The van der Waals surface area contributed by atoms with Gasteiger partial charge in [-0.15, -0.1) is 0 Å². The van der Waals surface area contributed by atoms with E-state index in [-0.39, 0.29) is 28.9 Å². The second-order valence-electron chi connectivity index (χ2n) is 9.83. The van der Waals surface area contributed by atoms with Crippen molar-refractivity contribution in [1.82, 2.24) is 4.90 Å². The van der Waals surface area contributed by atoms with Crippen LogP contribution in [-0.2, 0) is 28.0 Å². The first-order chi connectivity index (χ1) is 17.7. The van der Waals surface area contributed by atoms with Gasteiger partial charge in [-0.25, -0.2) is 12.8 Å². The molecule has 0 aromatic heterocycles. The fourth-order valence-corrected chi connectivity index (χ4v) is 5.15. The van der Waals surface area contributed by atoms with E-state index in [0.717, 1.165) is 17.9 Å². The van der Waals surface area contributed by atoms with Crippen molar-refractivity contribution in [3.8, 4) is 5.75 Å². The summed E-state index contributed by atoms with van der Waals surface area (Å²) in [6.07, 6.45) is -2.94. The molecule has 0 aliphatic carbocycles. The molecule has 0 aliphatic rings. The first kappa shape index (κ1) is 29.9. The van der Waals surface area contributed by atoms with Crippen molar-refractivity contribution in [3.05, 3.63) is 94.3 Å². The topological polar surface area (TPSA) is 46.6 Å². The van der Waals surface area contributed by atoms with Crippen molar-refractivity contribution in [2.24, 2.45) is 0 Å². The summed E-state index contributed by atoms with van der Waals surface area (Å²) >= 11 is 6.17. The zero-order valence-corrected chi connectivity index (χ0v) is 22.9. The van der Waals surface area contributed by atoms with Crippen LogP contribution in [0.2, 0.25) is 5.02 Å². The van der Waals surface area contributed by atoms with Crippen LogP contribution in [-0.4, -0.2) is 39.3 Å². The zero-order valence-electron chi connectivity index (χ0n) is 21.4. The van der Waals surface area contributed by atoms with Gasteiger partial charge in [-0.2, -0.15) is 13.2 Å². The molecule has 0 spiro atoms. The van der Waals surface area contributed by atoms with E-state index in [2.05, 4.69) is 0 Å². The molecule has 0 fully saturated rings. The minimum absolute atomic E-state index is 0.150. The van der Waals surface area contributed by atoms with Crippen LogP contribution in [0.4, 0.5) is 17.6 Å². The smallest absolute Gasteiger partial charge is 0.417 e. The van der Waals surface area contributed by atoms with Gasteiger partial charge in [-0.05, 0) is 53.9 Å². The van der Waals surface area contributed by atoms with Gasteiger partial charge in [-0.3, -0.25) is 4.90 Å². The van der Waals surface area contributed by atoms with Gasteiger partial charge in [0.1, 0.15) is 11.6 Å². The van der Waals surface area contributed by atoms with Gasteiger partial charge in [-0.1, -0.05) is 55.8 Å². The van der Waals surface area contributed by atoms with Crippen LogP contribution in [0.3, 0.4) is 0 Å². The molecule has 0 unspecified atom stereocenters. The van der Waals surface area contributed by atoms with E-state index in [1.165, 1.54) is 30.3 Å². The summed E-state index contributed by atoms with van der Waals surface area (Å²) in [4.78, 5) is 2.14. The molecule has 38 heavy (non-hydrogen) atoms. The molecule has 0 saturated carbocycles. The average molecular weight is 572 g/mol. The third kappa shape index (κ3) is 8.19. The predicted molar refractivity (Wildman–Crippen MR) is 141 cm³/mol. The Morgan fingerprint density at radius 2 is 1.63 bits per heavy atom. The first-order valence-corrected chi connectivity index (χ1v) is 14.2. The number of ether oxygens (including phenoxy) is 1. The lowest BCUT2D eigenvalue weighted by Crippen LogP contribution is -2.38. The van der Waals surface area contributed by atoms with Crippen molar-refractivity contribution < 1.29 is 30.7 Å². The molecule has 4 nitrogen and oxygen atoms in total. The normalized spacial score (nSPS) is 12.7. The van der Waals surface area contributed by atoms with E-state index in [1.54, 1.807) is 30.3 Å². The van der Waals surface area contributed by atoms with Crippen LogP contribution in [0.15, 0.2) is 71.6 Å². The van der Waals surface area contributed by atoms with E-state index < -0.39 is 27.0 Å². The van der Waals surface area contributed by atoms with E-state index in [1.807, 2.05) is 18.7 Å². The summed E-state index contributed by atoms with van der Waals surface area (Å²) in [6, 6.07) is 16.2. The Morgan fingerprint density at radius 1 is 0.974 bits per heavy atom. The number of alkyl halides is 3. The minimum Gasteiger partial charge on any atom is -0.494 e. The first-order valence-electron chi connectivity index (χ1n) is 11.9. The second kappa shape index (κ2) is 12.1. The molecule has 0 heterocycles. The lowest BCUT2D eigenvalue weighted by molar-refractivity contribution is -0.137. The SMILES string of the molecule is CC(C)(CN(CCCOc1cccc(S(C)(=O)=O)c1)Cc1cccc(C(F)(F)F)c1Cl)c1ccc(F)cc1. The van der Waals surface area contributed by atoms with Gasteiger partial charge >= 0.3 is 6.18 Å². The zero-order chi connectivity index (χ0) is 28.1. The van der Waals surface area contributed by atoms with Gasteiger partial charge < -0.3 is 4.74 Å². The fraction of sp³-hybridized carbons (Fsp3) is 0.357. The predicted octanol–water partition coefficient (Wildman–Crippen LogP) is 7.15. The number of benzene rings is 3. The average Bonchev–Trinajstić information content (AvgIpc) is 2.82.